The summed E-state index contributed by atoms with van der Waals surface area (Å²) in [7, 11) is 0. The smallest absolute Gasteiger partial charge is 0.251 e. The van der Waals surface area contributed by atoms with E-state index >= 15 is 0 Å². The van der Waals surface area contributed by atoms with Gasteiger partial charge in [-0.2, -0.15) is 5.10 Å². The topological polar surface area (TPSA) is 104 Å². The number of nitrogens with zero attached hydrogens (tertiary/aromatic N) is 2. The van der Waals surface area contributed by atoms with Gasteiger partial charge in [-0.3, -0.25) is 14.7 Å². The minimum absolute atomic E-state index is 0.0371. The number of thioether (sulfide) groups is 1. The molecule has 1 amide bonds. The van der Waals surface area contributed by atoms with Crippen molar-refractivity contribution in [2.24, 2.45) is 0 Å². The Kier molecular flexibility index (Phi) is 5.48. The minimum atomic E-state index is -0.375. The van der Waals surface area contributed by atoms with Gasteiger partial charge in [0.1, 0.15) is 0 Å². The van der Waals surface area contributed by atoms with Crippen LogP contribution in [0.1, 0.15) is 44.8 Å². The third-order valence-electron chi connectivity index (χ3n) is 3.36. The second kappa shape index (κ2) is 7.21. The largest absolute Gasteiger partial charge is 0.350 e. The quantitative estimate of drug-likeness (QED) is 0.565. The first-order valence-electron chi connectivity index (χ1n) is 7.72. The number of amides is 1. The zero-order chi connectivity index (χ0) is 17.9. The lowest BCUT2D eigenvalue weighted by Gasteiger charge is -2.13. The lowest BCUT2D eigenvalue weighted by atomic mass is 9.92. The van der Waals surface area contributed by atoms with Gasteiger partial charge in [-0.05, 0) is 19.9 Å². The van der Waals surface area contributed by atoms with E-state index in [2.05, 4.69) is 46.3 Å². The van der Waals surface area contributed by atoms with Crippen molar-refractivity contribution in [1.29, 1.82) is 0 Å². The fraction of sp³-hybridized carbons (Fsp3) is 0.500. The van der Waals surface area contributed by atoms with Crippen LogP contribution in [0.4, 0.5) is 0 Å². The molecule has 2 aromatic heterocycles. The molecule has 2 heterocycles. The molecule has 1 atom stereocenters. The standard InChI is InChI=1S/C16H23N5O2S/c1-9-6-13(22)19-15(18-9)24-10(2)14(23)17-8-11-7-12(21-20-11)16(3,4)5/h6-7,10H,8H2,1-5H3,(H,17,23)(H,20,21)(H,18,19,22)/t10-/m0/s1. The van der Waals surface area contributed by atoms with Crippen LogP contribution in [0.2, 0.25) is 0 Å². The van der Waals surface area contributed by atoms with Crippen LogP contribution in [0.3, 0.4) is 0 Å². The molecule has 0 radical (unpaired) electrons. The molecule has 0 fully saturated rings. The summed E-state index contributed by atoms with van der Waals surface area (Å²) in [5.74, 6) is -0.129. The van der Waals surface area contributed by atoms with Gasteiger partial charge in [0.15, 0.2) is 5.16 Å². The highest BCUT2D eigenvalue weighted by Crippen LogP contribution is 2.21. The van der Waals surface area contributed by atoms with E-state index in [1.807, 2.05) is 6.07 Å². The number of hydrogen-bond donors (Lipinski definition) is 3. The van der Waals surface area contributed by atoms with Gasteiger partial charge in [-0.1, -0.05) is 32.5 Å². The molecule has 24 heavy (non-hydrogen) atoms. The molecule has 0 aliphatic carbocycles. The number of hydrogen-bond acceptors (Lipinski definition) is 5. The van der Waals surface area contributed by atoms with Crippen LogP contribution in [-0.4, -0.2) is 31.3 Å². The number of nitrogens with one attached hydrogen (secondary N) is 3. The number of aromatic nitrogens is 4. The van der Waals surface area contributed by atoms with Crippen LogP contribution in [0, 0.1) is 6.92 Å². The molecule has 8 heteroatoms. The van der Waals surface area contributed by atoms with Crippen LogP contribution >= 0.6 is 11.8 Å². The molecule has 0 unspecified atom stereocenters. The van der Waals surface area contributed by atoms with E-state index in [-0.39, 0.29) is 22.1 Å². The minimum Gasteiger partial charge on any atom is -0.350 e. The molecule has 0 aliphatic heterocycles. The Labute approximate surface area is 145 Å². The van der Waals surface area contributed by atoms with Gasteiger partial charge < -0.3 is 10.3 Å². The van der Waals surface area contributed by atoms with Crippen molar-refractivity contribution in [2.45, 2.75) is 57.0 Å². The maximum Gasteiger partial charge on any atom is 0.251 e. The first-order chi connectivity index (χ1) is 11.1. The normalized spacial score (nSPS) is 12.9. The van der Waals surface area contributed by atoms with Crippen LogP contribution in [0.15, 0.2) is 22.1 Å². The number of aromatic amines is 2. The zero-order valence-electron chi connectivity index (χ0n) is 14.6. The molecule has 3 N–H and O–H groups in total. The molecule has 0 saturated carbocycles. The van der Waals surface area contributed by atoms with Crippen molar-refractivity contribution < 1.29 is 4.79 Å². The van der Waals surface area contributed by atoms with Crippen LogP contribution in [0.5, 0.6) is 0 Å². The van der Waals surface area contributed by atoms with Gasteiger partial charge in [-0.25, -0.2) is 4.98 Å². The average Bonchev–Trinajstić information content (AvgIpc) is 2.92. The lowest BCUT2D eigenvalue weighted by molar-refractivity contribution is -0.120. The molecular formula is C16H23N5O2S. The predicted octanol–water partition coefficient (Wildman–Crippen LogP) is 1.90. The van der Waals surface area contributed by atoms with Gasteiger partial charge in [0, 0.05) is 17.2 Å². The van der Waals surface area contributed by atoms with Crippen LogP contribution in [-0.2, 0) is 16.8 Å². The van der Waals surface area contributed by atoms with Crippen molar-refractivity contribution in [3.05, 3.63) is 39.6 Å². The Bertz CT molecular complexity index is 775. The molecular weight excluding hydrogens is 326 g/mol. The maximum atomic E-state index is 12.2. The average molecular weight is 349 g/mol. The summed E-state index contributed by atoms with van der Waals surface area (Å²) in [5.41, 5.74) is 2.18. The maximum absolute atomic E-state index is 12.2. The molecule has 2 rings (SSSR count). The zero-order valence-corrected chi connectivity index (χ0v) is 15.4. The van der Waals surface area contributed by atoms with Gasteiger partial charge in [0.2, 0.25) is 5.91 Å². The van der Waals surface area contributed by atoms with Crippen molar-refractivity contribution in [3.8, 4) is 0 Å². The number of carbonyl (C=O) groups is 1. The van der Waals surface area contributed by atoms with E-state index in [9.17, 15) is 9.59 Å². The van der Waals surface area contributed by atoms with E-state index in [0.717, 1.165) is 11.4 Å². The van der Waals surface area contributed by atoms with Gasteiger partial charge >= 0.3 is 0 Å². The van der Waals surface area contributed by atoms with Crippen molar-refractivity contribution in [2.75, 3.05) is 0 Å². The van der Waals surface area contributed by atoms with Crippen molar-refractivity contribution >= 4 is 17.7 Å². The third kappa shape index (κ3) is 4.95. The van der Waals surface area contributed by atoms with Crippen LogP contribution < -0.4 is 10.9 Å². The summed E-state index contributed by atoms with van der Waals surface area (Å²) in [5, 5.41) is 10.1. The number of rotatable bonds is 5. The molecule has 130 valence electrons. The van der Waals surface area contributed by atoms with E-state index in [4.69, 9.17) is 0 Å². The molecule has 0 aliphatic rings. The summed E-state index contributed by atoms with van der Waals surface area (Å²) < 4.78 is 0. The monoisotopic (exact) mass is 349 g/mol. The van der Waals surface area contributed by atoms with E-state index in [0.29, 0.717) is 17.4 Å². The summed E-state index contributed by atoms with van der Waals surface area (Å²) in [6, 6.07) is 3.37. The lowest BCUT2D eigenvalue weighted by Crippen LogP contribution is -2.30. The van der Waals surface area contributed by atoms with Gasteiger partial charge in [-0.15, -0.1) is 0 Å². The summed E-state index contributed by atoms with van der Waals surface area (Å²) in [6.07, 6.45) is 0. The molecule has 2 aromatic rings. The fourth-order valence-corrected chi connectivity index (χ4v) is 2.87. The Morgan fingerprint density at radius 1 is 1.38 bits per heavy atom. The predicted molar refractivity (Wildman–Crippen MR) is 94.0 cm³/mol. The van der Waals surface area contributed by atoms with Gasteiger partial charge in [0.05, 0.1) is 23.2 Å². The van der Waals surface area contributed by atoms with Crippen molar-refractivity contribution in [3.63, 3.8) is 0 Å². The van der Waals surface area contributed by atoms with Gasteiger partial charge in [0.25, 0.3) is 5.56 Å². The Morgan fingerprint density at radius 2 is 2.08 bits per heavy atom. The third-order valence-corrected chi connectivity index (χ3v) is 4.34. The van der Waals surface area contributed by atoms with Crippen LogP contribution in [0.25, 0.3) is 0 Å². The Morgan fingerprint density at radius 3 is 2.67 bits per heavy atom. The Hall–Kier alpha value is -2.09. The second-order valence-electron chi connectivity index (χ2n) is 6.70. The van der Waals surface area contributed by atoms with E-state index in [1.165, 1.54) is 17.8 Å². The SMILES string of the molecule is Cc1cc(=O)[nH]c(S[C@@H](C)C(=O)NCc2cc(C(C)(C)C)n[nH]2)n1. The first kappa shape index (κ1) is 18.3. The molecule has 0 saturated heterocycles. The highest BCUT2D eigenvalue weighted by molar-refractivity contribution is 8.00. The summed E-state index contributed by atoms with van der Waals surface area (Å²) in [4.78, 5) is 30.5. The first-order valence-corrected chi connectivity index (χ1v) is 8.60. The number of H-pyrrole nitrogens is 2. The number of carbonyl (C=O) groups excluding carboxylic acids is 1. The summed E-state index contributed by atoms with van der Waals surface area (Å²) >= 11 is 1.22. The Balaban J connectivity index is 1.92. The second-order valence-corrected chi connectivity index (χ2v) is 8.03. The molecule has 0 spiro atoms. The highest BCUT2D eigenvalue weighted by Gasteiger charge is 2.19. The highest BCUT2D eigenvalue weighted by atomic mass is 32.2. The van der Waals surface area contributed by atoms with E-state index in [1.54, 1.807) is 13.8 Å². The molecule has 0 aromatic carbocycles. The fourth-order valence-electron chi connectivity index (χ4n) is 1.99. The molecule has 7 nitrogen and oxygen atoms in total. The van der Waals surface area contributed by atoms with Crippen molar-refractivity contribution in [1.82, 2.24) is 25.5 Å². The molecule has 0 bridgehead atoms. The number of aryl methyl sites for hydroxylation is 1. The summed E-state index contributed by atoms with van der Waals surface area (Å²) in [6.45, 7) is 10.1. The van der Waals surface area contributed by atoms with E-state index < -0.39 is 0 Å².